The molecule has 1 heterocycles. The summed E-state index contributed by atoms with van der Waals surface area (Å²) < 4.78 is 0. The maximum Gasteiger partial charge on any atom is 0.281 e. The van der Waals surface area contributed by atoms with Crippen LogP contribution in [0.15, 0.2) is 0 Å². The molecule has 0 aromatic heterocycles. The lowest BCUT2D eigenvalue weighted by molar-refractivity contribution is -0.122. The number of hydrogen-bond acceptors (Lipinski definition) is 4. The van der Waals surface area contributed by atoms with Gasteiger partial charge in [-0.1, -0.05) is 25.6 Å². The fraction of sp³-hybridized carbons (Fsp3) is 0.833. The number of carbonyl (C=O) groups excluding carboxylic acids is 2. The first-order chi connectivity index (χ1) is 8.50. The Balaban J connectivity index is 2.23. The zero-order valence-electron chi connectivity index (χ0n) is 11.1. The van der Waals surface area contributed by atoms with Crippen LogP contribution in [0, 0.1) is 0 Å². The van der Waals surface area contributed by atoms with Crippen molar-refractivity contribution < 1.29 is 14.7 Å². The van der Waals surface area contributed by atoms with E-state index < -0.39 is 5.60 Å². The number of nitrogens with one attached hydrogen (secondary N) is 1. The molecule has 2 N–H and O–H groups in total. The van der Waals surface area contributed by atoms with Crippen molar-refractivity contribution in [3.63, 3.8) is 0 Å². The molecule has 1 saturated heterocycles. The van der Waals surface area contributed by atoms with E-state index in [1.54, 1.807) is 4.90 Å². The average molecular weight is 274 g/mol. The number of hydrogen-bond donors (Lipinski definition) is 2. The smallest absolute Gasteiger partial charge is 0.281 e. The van der Waals surface area contributed by atoms with E-state index in [4.69, 9.17) is 0 Å². The zero-order valence-corrected chi connectivity index (χ0v) is 11.9. The van der Waals surface area contributed by atoms with Crippen molar-refractivity contribution >= 4 is 22.9 Å². The lowest BCUT2D eigenvalue weighted by Crippen LogP contribution is -2.42. The third-order valence-corrected chi connectivity index (χ3v) is 4.28. The maximum absolute atomic E-state index is 11.6. The first-order valence-electron chi connectivity index (χ1n) is 6.41. The fourth-order valence-electron chi connectivity index (χ4n) is 1.72. The Bertz CT molecular complexity index is 306. The molecule has 1 rings (SSSR count). The summed E-state index contributed by atoms with van der Waals surface area (Å²) in [5.41, 5.74) is -0.811. The van der Waals surface area contributed by atoms with Gasteiger partial charge in [0.2, 0.25) is 5.91 Å². The number of carbonyl (C=O) groups is 2. The van der Waals surface area contributed by atoms with Crippen LogP contribution in [0.1, 0.15) is 33.1 Å². The van der Waals surface area contributed by atoms with E-state index in [1.165, 1.54) is 11.8 Å². The quantitative estimate of drug-likeness (QED) is 0.732. The van der Waals surface area contributed by atoms with Gasteiger partial charge in [-0.05, 0) is 12.8 Å². The molecule has 104 valence electrons. The average Bonchev–Trinajstić information content (AvgIpc) is 2.79. The number of nitrogens with zero attached hydrogens (tertiary/aromatic N) is 1. The highest BCUT2D eigenvalue weighted by atomic mass is 32.2. The molecule has 0 radical (unpaired) electrons. The molecule has 0 aromatic carbocycles. The molecule has 0 spiro atoms. The van der Waals surface area contributed by atoms with Crippen LogP contribution >= 0.6 is 11.8 Å². The van der Waals surface area contributed by atoms with Crippen LogP contribution in [0.4, 0.5) is 4.79 Å². The maximum atomic E-state index is 11.6. The number of aliphatic hydroxyl groups is 1. The van der Waals surface area contributed by atoms with Crippen molar-refractivity contribution in [3.8, 4) is 0 Å². The highest BCUT2D eigenvalue weighted by Gasteiger charge is 2.24. The third-order valence-electron chi connectivity index (χ3n) is 3.38. The van der Waals surface area contributed by atoms with Gasteiger partial charge in [0.25, 0.3) is 5.24 Å². The first kappa shape index (κ1) is 15.3. The molecule has 0 atom stereocenters. The van der Waals surface area contributed by atoms with Gasteiger partial charge in [0.05, 0.1) is 5.60 Å². The van der Waals surface area contributed by atoms with E-state index in [9.17, 15) is 14.7 Å². The Morgan fingerprint density at radius 1 is 1.50 bits per heavy atom. The molecule has 5 nitrogen and oxygen atoms in total. The molecular weight excluding hydrogens is 252 g/mol. The normalized spacial score (nSPS) is 16.2. The van der Waals surface area contributed by atoms with Crippen LogP contribution in [0.25, 0.3) is 0 Å². The Morgan fingerprint density at radius 3 is 2.67 bits per heavy atom. The summed E-state index contributed by atoms with van der Waals surface area (Å²) in [6, 6.07) is 0. The van der Waals surface area contributed by atoms with Crippen LogP contribution in [-0.4, -0.2) is 52.1 Å². The molecule has 1 aliphatic heterocycles. The minimum Gasteiger partial charge on any atom is -0.388 e. The van der Waals surface area contributed by atoms with Crippen LogP contribution < -0.4 is 5.32 Å². The molecule has 2 amide bonds. The Labute approximate surface area is 112 Å². The van der Waals surface area contributed by atoms with Gasteiger partial charge in [0.15, 0.2) is 0 Å². The van der Waals surface area contributed by atoms with Gasteiger partial charge in [-0.3, -0.25) is 9.59 Å². The monoisotopic (exact) mass is 274 g/mol. The van der Waals surface area contributed by atoms with E-state index in [-0.39, 0.29) is 17.7 Å². The molecule has 0 aliphatic carbocycles. The number of thioether (sulfide) groups is 1. The van der Waals surface area contributed by atoms with Crippen molar-refractivity contribution in [3.05, 3.63) is 0 Å². The zero-order chi connectivity index (χ0) is 13.6. The topological polar surface area (TPSA) is 69.6 Å². The molecule has 1 aliphatic rings. The van der Waals surface area contributed by atoms with Crippen molar-refractivity contribution in [1.29, 1.82) is 0 Å². The van der Waals surface area contributed by atoms with E-state index >= 15 is 0 Å². The van der Waals surface area contributed by atoms with Crippen molar-refractivity contribution in [2.45, 2.75) is 38.7 Å². The van der Waals surface area contributed by atoms with Gasteiger partial charge >= 0.3 is 0 Å². The van der Waals surface area contributed by atoms with E-state index in [2.05, 4.69) is 5.32 Å². The van der Waals surface area contributed by atoms with E-state index in [0.29, 0.717) is 25.8 Å². The number of amides is 2. The van der Waals surface area contributed by atoms with Crippen molar-refractivity contribution in [1.82, 2.24) is 10.2 Å². The predicted octanol–water partition coefficient (Wildman–Crippen LogP) is 1.21. The van der Waals surface area contributed by atoms with Crippen molar-refractivity contribution in [2.75, 3.05) is 25.4 Å². The van der Waals surface area contributed by atoms with Gasteiger partial charge in [0.1, 0.15) is 0 Å². The summed E-state index contributed by atoms with van der Waals surface area (Å²) in [4.78, 5) is 24.6. The second kappa shape index (κ2) is 6.99. The van der Waals surface area contributed by atoms with Crippen LogP contribution in [0.5, 0.6) is 0 Å². The predicted molar refractivity (Wildman–Crippen MR) is 72.6 cm³/mol. The summed E-state index contributed by atoms with van der Waals surface area (Å²) in [6.45, 7) is 5.27. The van der Waals surface area contributed by atoms with E-state index in [1.807, 2.05) is 13.8 Å². The van der Waals surface area contributed by atoms with Gasteiger partial charge in [-0.15, -0.1) is 0 Å². The van der Waals surface area contributed by atoms with Crippen LogP contribution in [0.3, 0.4) is 0 Å². The summed E-state index contributed by atoms with van der Waals surface area (Å²) in [5.74, 6) is 0.700. The van der Waals surface area contributed by atoms with Gasteiger partial charge < -0.3 is 15.3 Å². The Hall–Kier alpha value is -0.750. The lowest BCUT2D eigenvalue weighted by atomic mass is 9.97. The molecule has 6 heteroatoms. The van der Waals surface area contributed by atoms with Gasteiger partial charge in [-0.2, -0.15) is 0 Å². The van der Waals surface area contributed by atoms with Gasteiger partial charge in [0, 0.05) is 31.8 Å². The SMILES string of the molecule is CCC(O)(CC)CNC(=O)CCN1CCSC1=O. The molecule has 0 bridgehead atoms. The molecular formula is C12H22N2O3S. The minimum atomic E-state index is -0.811. The summed E-state index contributed by atoms with van der Waals surface area (Å²) >= 11 is 1.30. The molecule has 0 saturated carbocycles. The van der Waals surface area contributed by atoms with Crippen molar-refractivity contribution in [2.24, 2.45) is 0 Å². The van der Waals surface area contributed by atoms with Crippen LogP contribution in [0.2, 0.25) is 0 Å². The summed E-state index contributed by atoms with van der Waals surface area (Å²) in [6.07, 6.45) is 1.53. The Kier molecular flexibility index (Phi) is 5.95. The Morgan fingerprint density at radius 2 is 2.17 bits per heavy atom. The number of rotatable bonds is 7. The van der Waals surface area contributed by atoms with Gasteiger partial charge in [-0.25, -0.2) is 0 Å². The lowest BCUT2D eigenvalue weighted by Gasteiger charge is -2.25. The highest BCUT2D eigenvalue weighted by molar-refractivity contribution is 8.13. The second-order valence-electron chi connectivity index (χ2n) is 4.56. The summed E-state index contributed by atoms with van der Waals surface area (Å²) in [7, 11) is 0. The molecule has 18 heavy (non-hydrogen) atoms. The summed E-state index contributed by atoms with van der Waals surface area (Å²) in [5, 5.41) is 12.8. The largest absolute Gasteiger partial charge is 0.388 e. The second-order valence-corrected chi connectivity index (χ2v) is 5.61. The fourth-order valence-corrected chi connectivity index (χ4v) is 2.57. The molecule has 0 aromatic rings. The minimum absolute atomic E-state index is 0.0569. The highest BCUT2D eigenvalue weighted by Crippen LogP contribution is 2.17. The molecule has 0 unspecified atom stereocenters. The first-order valence-corrected chi connectivity index (χ1v) is 7.40. The molecule has 1 fully saturated rings. The third kappa shape index (κ3) is 4.49. The standard InChI is InChI=1S/C12H22N2O3S/c1-3-12(17,4-2)9-13-10(15)5-6-14-7-8-18-11(14)16/h17H,3-9H2,1-2H3,(H,13,15). The van der Waals surface area contributed by atoms with E-state index in [0.717, 1.165) is 12.3 Å². The van der Waals surface area contributed by atoms with Crippen LogP contribution in [-0.2, 0) is 4.79 Å².